The summed E-state index contributed by atoms with van der Waals surface area (Å²) < 4.78 is 1.92. The van der Waals surface area contributed by atoms with E-state index in [0.29, 0.717) is 6.54 Å². The average Bonchev–Trinajstić information content (AvgIpc) is 3.21. The predicted molar refractivity (Wildman–Crippen MR) is 91.2 cm³/mol. The minimum absolute atomic E-state index is 0.0200. The van der Waals surface area contributed by atoms with Crippen LogP contribution in [0.5, 0.6) is 0 Å². The van der Waals surface area contributed by atoms with Gasteiger partial charge in [0, 0.05) is 17.1 Å². The molecule has 0 spiro atoms. The van der Waals surface area contributed by atoms with Crippen molar-refractivity contribution in [3.05, 3.63) is 40.7 Å². The normalized spacial score (nSPS) is 16.8. The Morgan fingerprint density at radius 1 is 1.22 bits per heavy atom. The van der Waals surface area contributed by atoms with E-state index >= 15 is 0 Å². The number of tetrazole rings is 1. The molecule has 1 N–H and O–H groups in total. The van der Waals surface area contributed by atoms with E-state index in [2.05, 4.69) is 39.9 Å². The Hall–Kier alpha value is -1.46. The topological polar surface area (TPSA) is 55.6 Å². The molecule has 0 saturated heterocycles. The van der Waals surface area contributed by atoms with Gasteiger partial charge in [-0.25, -0.2) is 4.68 Å². The molecule has 1 aliphatic carbocycles. The van der Waals surface area contributed by atoms with E-state index in [4.69, 9.17) is 11.6 Å². The largest absolute Gasteiger partial charge is 0.300 e. The van der Waals surface area contributed by atoms with Crippen LogP contribution in [-0.4, -0.2) is 20.2 Å². The number of nitrogens with one attached hydrogen (secondary N) is 1. The van der Waals surface area contributed by atoms with Crippen LogP contribution in [0.2, 0.25) is 5.02 Å². The van der Waals surface area contributed by atoms with Crippen LogP contribution < -0.4 is 5.32 Å². The third-order valence-corrected chi connectivity index (χ3v) is 5.02. The van der Waals surface area contributed by atoms with Crippen LogP contribution in [0.3, 0.4) is 0 Å². The van der Waals surface area contributed by atoms with Crippen LogP contribution in [0, 0.1) is 0 Å². The van der Waals surface area contributed by atoms with Gasteiger partial charge in [0.25, 0.3) is 0 Å². The molecular weight excluding hydrogens is 310 g/mol. The molecule has 1 aromatic heterocycles. The summed E-state index contributed by atoms with van der Waals surface area (Å²) in [5, 5.41) is 16.7. The molecule has 0 bridgehead atoms. The Morgan fingerprint density at radius 2 is 1.96 bits per heavy atom. The minimum Gasteiger partial charge on any atom is -0.300 e. The lowest BCUT2D eigenvalue weighted by molar-refractivity contribution is 0.329. The van der Waals surface area contributed by atoms with Gasteiger partial charge in [-0.1, -0.05) is 49.9 Å². The second-order valence-corrected chi connectivity index (χ2v) is 6.76. The van der Waals surface area contributed by atoms with E-state index in [1.54, 1.807) is 0 Å². The number of nitrogens with zero attached hydrogens (tertiary/aromatic N) is 4. The number of hydrogen-bond donors (Lipinski definition) is 1. The molecule has 6 heteroatoms. The van der Waals surface area contributed by atoms with Crippen LogP contribution >= 0.6 is 11.6 Å². The molecule has 0 radical (unpaired) electrons. The number of aryl methyl sites for hydroxylation is 1. The first kappa shape index (κ1) is 16.4. The van der Waals surface area contributed by atoms with Gasteiger partial charge in [0.15, 0.2) is 5.82 Å². The third-order valence-electron chi connectivity index (χ3n) is 4.77. The van der Waals surface area contributed by atoms with Crippen molar-refractivity contribution in [3.63, 3.8) is 0 Å². The summed E-state index contributed by atoms with van der Waals surface area (Å²) in [7, 11) is 0. The van der Waals surface area contributed by atoms with Gasteiger partial charge in [0.1, 0.15) is 0 Å². The molecule has 1 fully saturated rings. The number of benzene rings is 1. The van der Waals surface area contributed by atoms with Crippen molar-refractivity contribution in [2.45, 2.75) is 64.1 Å². The molecule has 3 rings (SSSR count). The van der Waals surface area contributed by atoms with E-state index in [-0.39, 0.29) is 5.54 Å². The molecule has 5 nitrogen and oxygen atoms in total. The van der Waals surface area contributed by atoms with Crippen LogP contribution in [0.1, 0.15) is 56.8 Å². The van der Waals surface area contributed by atoms with Crippen LogP contribution in [-0.2, 0) is 18.6 Å². The van der Waals surface area contributed by atoms with Gasteiger partial charge >= 0.3 is 0 Å². The van der Waals surface area contributed by atoms with Crippen molar-refractivity contribution in [2.75, 3.05) is 0 Å². The number of halogens is 1. The first-order valence-electron chi connectivity index (χ1n) is 8.50. The molecule has 0 atom stereocenters. The molecule has 124 valence electrons. The quantitative estimate of drug-likeness (QED) is 0.839. The second-order valence-electron chi connectivity index (χ2n) is 6.32. The van der Waals surface area contributed by atoms with Crippen LogP contribution in [0.25, 0.3) is 0 Å². The van der Waals surface area contributed by atoms with Gasteiger partial charge in [-0.05, 0) is 47.4 Å². The summed E-state index contributed by atoms with van der Waals surface area (Å²) in [5.41, 5.74) is 1.33. The van der Waals surface area contributed by atoms with Gasteiger partial charge in [0.2, 0.25) is 0 Å². The fourth-order valence-electron chi connectivity index (χ4n) is 3.39. The maximum absolute atomic E-state index is 6.04. The second kappa shape index (κ2) is 7.41. The van der Waals surface area contributed by atoms with E-state index in [1.165, 1.54) is 18.4 Å². The standard InChI is InChI=1S/C17H24ClN5/c1-2-3-12-23-16(20-21-22-23)13-19-17(10-4-5-11-17)14-6-8-15(18)9-7-14/h6-9,19H,2-5,10-13H2,1H3. The summed E-state index contributed by atoms with van der Waals surface area (Å²) >= 11 is 6.04. The van der Waals surface area contributed by atoms with Crippen molar-refractivity contribution in [1.29, 1.82) is 0 Å². The van der Waals surface area contributed by atoms with E-state index in [1.807, 2.05) is 16.8 Å². The highest BCUT2D eigenvalue weighted by molar-refractivity contribution is 6.30. The van der Waals surface area contributed by atoms with Gasteiger partial charge < -0.3 is 5.32 Å². The fourth-order valence-corrected chi connectivity index (χ4v) is 3.52. The van der Waals surface area contributed by atoms with Crippen molar-refractivity contribution in [1.82, 2.24) is 25.5 Å². The van der Waals surface area contributed by atoms with Gasteiger partial charge in [-0.2, -0.15) is 0 Å². The smallest absolute Gasteiger partial charge is 0.165 e. The third kappa shape index (κ3) is 3.72. The maximum atomic E-state index is 6.04. The lowest BCUT2D eigenvalue weighted by atomic mass is 9.88. The summed E-state index contributed by atoms with van der Waals surface area (Å²) in [6, 6.07) is 8.23. The molecular formula is C17H24ClN5. The minimum atomic E-state index is 0.0200. The lowest BCUT2D eigenvalue weighted by Gasteiger charge is -2.31. The molecule has 0 aliphatic heterocycles. The van der Waals surface area contributed by atoms with Gasteiger partial charge in [0.05, 0.1) is 6.54 Å². The highest BCUT2D eigenvalue weighted by Gasteiger charge is 2.35. The number of rotatable bonds is 7. The van der Waals surface area contributed by atoms with E-state index in [9.17, 15) is 0 Å². The average molecular weight is 334 g/mol. The van der Waals surface area contributed by atoms with E-state index in [0.717, 1.165) is 43.1 Å². The Balaban J connectivity index is 1.73. The molecule has 0 amide bonds. The molecule has 1 saturated carbocycles. The Labute approximate surface area is 142 Å². The first-order chi connectivity index (χ1) is 11.2. The SMILES string of the molecule is CCCCn1nnnc1CNC1(c2ccc(Cl)cc2)CCCC1. The molecule has 1 aromatic carbocycles. The molecule has 1 aliphatic rings. The summed E-state index contributed by atoms with van der Waals surface area (Å²) in [6.07, 6.45) is 7.02. The van der Waals surface area contributed by atoms with Gasteiger partial charge in [-0.15, -0.1) is 5.10 Å². The molecule has 1 heterocycles. The molecule has 2 aromatic rings. The number of unbranched alkanes of at least 4 members (excludes halogenated alkanes) is 1. The van der Waals surface area contributed by atoms with Crippen molar-refractivity contribution in [2.24, 2.45) is 0 Å². The van der Waals surface area contributed by atoms with Crippen molar-refractivity contribution in [3.8, 4) is 0 Å². The highest BCUT2D eigenvalue weighted by Crippen LogP contribution is 2.39. The van der Waals surface area contributed by atoms with Crippen molar-refractivity contribution < 1.29 is 0 Å². The highest BCUT2D eigenvalue weighted by atomic mass is 35.5. The van der Waals surface area contributed by atoms with Crippen molar-refractivity contribution >= 4 is 11.6 Å². The number of hydrogen-bond acceptors (Lipinski definition) is 4. The summed E-state index contributed by atoms with van der Waals surface area (Å²) in [5.74, 6) is 0.915. The van der Waals surface area contributed by atoms with E-state index < -0.39 is 0 Å². The number of aromatic nitrogens is 4. The monoisotopic (exact) mass is 333 g/mol. The maximum Gasteiger partial charge on any atom is 0.165 e. The Bertz CT molecular complexity index is 616. The predicted octanol–water partition coefficient (Wildman–Crippen LogP) is 3.69. The Kier molecular flexibility index (Phi) is 5.28. The molecule has 0 unspecified atom stereocenters. The summed E-state index contributed by atoms with van der Waals surface area (Å²) in [6.45, 7) is 3.75. The zero-order valence-corrected chi connectivity index (χ0v) is 14.4. The zero-order chi connectivity index (χ0) is 16.1. The first-order valence-corrected chi connectivity index (χ1v) is 8.87. The van der Waals surface area contributed by atoms with Crippen LogP contribution in [0.4, 0.5) is 0 Å². The zero-order valence-electron chi connectivity index (χ0n) is 13.6. The van der Waals surface area contributed by atoms with Crippen LogP contribution in [0.15, 0.2) is 24.3 Å². The Morgan fingerprint density at radius 3 is 2.65 bits per heavy atom. The summed E-state index contributed by atoms with van der Waals surface area (Å²) in [4.78, 5) is 0. The van der Waals surface area contributed by atoms with Gasteiger partial charge in [-0.3, -0.25) is 0 Å². The molecule has 23 heavy (non-hydrogen) atoms. The lowest BCUT2D eigenvalue weighted by Crippen LogP contribution is -2.40. The fraction of sp³-hybridized carbons (Fsp3) is 0.588.